The topological polar surface area (TPSA) is 44.5 Å². The fraction of sp³-hybridized carbons (Fsp3) is 1.00. The summed E-state index contributed by atoms with van der Waals surface area (Å²) < 4.78 is 10.8. The van der Waals surface area contributed by atoms with E-state index in [1.807, 2.05) is 6.92 Å². The lowest BCUT2D eigenvalue weighted by Gasteiger charge is -2.27. The molecule has 3 heteroatoms. The summed E-state index contributed by atoms with van der Waals surface area (Å²) >= 11 is 0. The Labute approximate surface area is 93.3 Å². The lowest BCUT2D eigenvalue weighted by molar-refractivity contribution is 0.0273. The van der Waals surface area contributed by atoms with Crippen LogP contribution in [0.5, 0.6) is 0 Å². The Bertz CT molecular complexity index is 154. The fourth-order valence-corrected chi connectivity index (χ4v) is 2.11. The maximum absolute atomic E-state index is 6.31. The third-order valence-corrected chi connectivity index (χ3v) is 3.06. The van der Waals surface area contributed by atoms with Crippen LogP contribution in [0.2, 0.25) is 0 Å². The van der Waals surface area contributed by atoms with Gasteiger partial charge in [-0.1, -0.05) is 25.7 Å². The molecule has 0 bridgehead atoms. The fourth-order valence-electron chi connectivity index (χ4n) is 2.11. The maximum atomic E-state index is 6.31. The Morgan fingerprint density at radius 1 is 1.00 bits per heavy atom. The van der Waals surface area contributed by atoms with Crippen molar-refractivity contribution in [1.29, 1.82) is 0 Å². The second kappa shape index (κ2) is 7.20. The van der Waals surface area contributed by atoms with E-state index in [9.17, 15) is 0 Å². The number of nitrogens with two attached hydrogens (primary N) is 1. The molecule has 1 aliphatic rings. The summed E-state index contributed by atoms with van der Waals surface area (Å²) in [7, 11) is 0. The van der Waals surface area contributed by atoms with Gasteiger partial charge in [-0.3, -0.25) is 0 Å². The minimum absolute atomic E-state index is 0.0668. The molecule has 0 atom stereocenters. The van der Waals surface area contributed by atoms with Gasteiger partial charge in [0.25, 0.3) is 0 Å². The molecule has 0 aromatic carbocycles. The Balaban J connectivity index is 2.11. The summed E-state index contributed by atoms with van der Waals surface area (Å²) in [6.45, 7) is 4.81. The molecule has 0 saturated heterocycles. The average molecular weight is 215 g/mol. The SMILES string of the molecule is CCOCCOCC1(N)CCCCCC1. The van der Waals surface area contributed by atoms with Gasteiger partial charge < -0.3 is 15.2 Å². The van der Waals surface area contributed by atoms with Crippen molar-refractivity contribution in [2.45, 2.75) is 51.0 Å². The molecular weight excluding hydrogens is 190 g/mol. The van der Waals surface area contributed by atoms with Gasteiger partial charge in [0.1, 0.15) is 0 Å². The van der Waals surface area contributed by atoms with Gasteiger partial charge >= 0.3 is 0 Å². The highest BCUT2D eigenvalue weighted by atomic mass is 16.5. The van der Waals surface area contributed by atoms with Crippen LogP contribution >= 0.6 is 0 Å². The molecule has 3 nitrogen and oxygen atoms in total. The van der Waals surface area contributed by atoms with Gasteiger partial charge in [-0.25, -0.2) is 0 Å². The minimum atomic E-state index is -0.0668. The first-order valence-electron chi connectivity index (χ1n) is 6.21. The van der Waals surface area contributed by atoms with E-state index in [1.54, 1.807) is 0 Å². The van der Waals surface area contributed by atoms with Crippen molar-refractivity contribution in [2.24, 2.45) is 5.73 Å². The molecule has 0 heterocycles. The Kier molecular flexibility index (Phi) is 6.22. The van der Waals surface area contributed by atoms with Crippen LogP contribution in [0.4, 0.5) is 0 Å². The maximum Gasteiger partial charge on any atom is 0.0701 e. The molecule has 90 valence electrons. The van der Waals surface area contributed by atoms with Crippen molar-refractivity contribution in [3.8, 4) is 0 Å². The zero-order chi connectivity index (χ0) is 11.0. The van der Waals surface area contributed by atoms with E-state index in [1.165, 1.54) is 25.7 Å². The largest absolute Gasteiger partial charge is 0.379 e. The molecule has 1 rings (SSSR count). The highest BCUT2D eigenvalue weighted by Gasteiger charge is 2.26. The van der Waals surface area contributed by atoms with Gasteiger partial charge in [0, 0.05) is 12.1 Å². The second-order valence-corrected chi connectivity index (χ2v) is 4.53. The molecule has 1 fully saturated rings. The zero-order valence-corrected chi connectivity index (χ0v) is 9.96. The third kappa shape index (κ3) is 5.50. The van der Waals surface area contributed by atoms with E-state index in [4.69, 9.17) is 15.2 Å². The van der Waals surface area contributed by atoms with Crippen molar-refractivity contribution in [1.82, 2.24) is 0 Å². The zero-order valence-electron chi connectivity index (χ0n) is 9.96. The molecule has 0 radical (unpaired) electrons. The average Bonchev–Trinajstić information content (AvgIpc) is 2.43. The van der Waals surface area contributed by atoms with Gasteiger partial charge in [0.05, 0.1) is 19.8 Å². The standard InChI is InChI=1S/C12H25NO2/c1-2-14-9-10-15-11-12(13)7-5-3-4-6-8-12/h2-11,13H2,1H3. The summed E-state index contributed by atoms with van der Waals surface area (Å²) in [6.07, 6.45) is 7.40. The van der Waals surface area contributed by atoms with Crippen LogP contribution in [-0.2, 0) is 9.47 Å². The predicted molar refractivity (Wildman–Crippen MR) is 61.9 cm³/mol. The molecule has 0 unspecified atom stereocenters. The van der Waals surface area contributed by atoms with E-state index in [-0.39, 0.29) is 5.54 Å². The first kappa shape index (κ1) is 12.9. The minimum Gasteiger partial charge on any atom is -0.379 e. The first-order chi connectivity index (χ1) is 7.27. The molecule has 0 aromatic rings. The normalized spacial score (nSPS) is 21.2. The van der Waals surface area contributed by atoms with Crippen LogP contribution in [0.3, 0.4) is 0 Å². The summed E-state index contributed by atoms with van der Waals surface area (Å²) in [5.74, 6) is 0. The summed E-state index contributed by atoms with van der Waals surface area (Å²) in [5.41, 5.74) is 6.24. The van der Waals surface area contributed by atoms with Crippen LogP contribution < -0.4 is 5.73 Å². The molecule has 1 saturated carbocycles. The molecule has 1 aliphatic carbocycles. The number of hydrogen-bond acceptors (Lipinski definition) is 3. The lowest BCUT2D eigenvalue weighted by Crippen LogP contribution is -2.44. The van der Waals surface area contributed by atoms with Crippen molar-refractivity contribution >= 4 is 0 Å². The van der Waals surface area contributed by atoms with E-state index in [0.29, 0.717) is 19.8 Å². The number of hydrogen-bond donors (Lipinski definition) is 1. The smallest absolute Gasteiger partial charge is 0.0701 e. The Hall–Kier alpha value is -0.120. The van der Waals surface area contributed by atoms with E-state index >= 15 is 0 Å². The molecule has 0 spiro atoms. The monoisotopic (exact) mass is 215 g/mol. The first-order valence-corrected chi connectivity index (χ1v) is 6.21. The Morgan fingerprint density at radius 3 is 2.20 bits per heavy atom. The molecule has 0 aliphatic heterocycles. The van der Waals surface area contributed by atoms with Crippen molar-refractivity contribution in [3.63, 3.8) is 0 Å². The van der Waals surface area contributed by atoms with E-state index in [0.717, 1.165) is 19.4 Å². The van der Waals surface area contributed by atoms with E-state index < -0.39 is 0 Å². The van der Waals surface area contributed by atoms with Gasteiger partial charge in [-0.2, -0.15) is 0 Å². The van der Waals surface area contributed by atoms with Crippen molar-refractivity contribution < 1.29 is 9.47 Å². The number of ether oxygens (including phenoxy) is 2. The Morgan fingerprint density at radius 2 is 1.60 bits per heavy atom. The molecule has 0 aromatic heterocycles. The summed E-state index contributed by atoms with van der Waals surface area (Å²) in [4.78, 5) is 0. The number of rotatable bonds is 6. The quantitative estimate of drug-likeness (QED) is 0.545. The molecule has 0 amide bonds. The van der Waals surface area contributed by atoms with Crippen molar-refractivity contribution in [3.05, 3.63) is 0 Å². The van der Waals surface area contributed by atoms with Crippen LogP contribution in [0.15, 0.2) is 0 Å². The van der Waals surface area contributed by atoms with Gasteiger partial charge in [0.2, 0.25) is 0 Å². The summed E-state index contributed by atoms with van der Waals surface area (Å²) in [5, 5.41) is 0. The van der Waals surface area contributed by atoms with Gasteiger partial charge in [-0.05, 0) is 19.8 Å². The second-order valence-electron chi connectivity index (χ2n) is 4.53. The van der Waals surface area contributed by atoms with Crippen LogP contribution in [0.25, 0.3) is 0 Å². The van der Waals surface area contributed by atoms with Gasteiger partial charge in [0.15, 0.2) is 0 Å². The van der Waals surface area contributed by atoms with E-state index in [2.05, 4.69) is 0 Å². The lowest BCUT2D eigenvalue weighted by atomic mass is 9.93. The highest BCUT2D eigenvalue weighted by molar-refractivity contribution is 4.85. The van der Waals surface area contributed by atoms with Crippen LogP contribution in [0.1, 0.15) is 45.4 Å². The predicted octanol–water partition coefficient (Wildman–Crippen LogP) is 2.09. The molecule has 2 N–H and O–H groups in total. The third-order valence-electron chi connectivity index (χ3n) is 3.06. The summed E-state index contributed by atoms with van der Waals surface area (Å²) in [6, 6.07) is 0. The van der Waals surface area contributed by atoms with Crippen molar-refractivity contribution in [2.75, 3.05) is 26.4 Å². The van der Waals surface area contributed by atoms with Crippen LogP contribution in [0, 0.1) is 0 Å². The van der Waals surface area contributed by atoms with Gasteiger partial charge in [-0.15, -0.1) is 0 Å². The van der Waals surface area contributed by atoms with Crippen LogP contribution in [-0.4, -0.2) is 32.0 Å². The molecular formula is C12H25NO2. The molecule has 15 heavy (non-hydrogen) atoms. The highest BCUT2D eigenvalue weighted by Crippen LogP contribution is 2.24.